The summed E-state index contributed by atoms with van der Waals surface area (Å²) >= 11 is 0. The predicted octanol–water partition coefficient (Wildman–Crippen LogP) is 4.91. The van der Waals surface area contributed by atoms with Crippen molar-refractivity contribution in [1.29, 1.82) is 0 Å². The van der Waals surface area contributed by atoms with E-state index in [1.165, 1.54) is 32.1 Å². The van der Waals surface area contributed by atoms with Crippen molar-refractivity contribution in [3.63, 3.8) is 0 Å². The molecule has 1 atom stereocenters. The zero-order valence-electron chi connectivity index (χ0n) is 10.3. The predicted molar refractivity (Wildman–Crippen MR) is 66.7 cm³/mol. The van der Waals surface area contributed by atoms with Crippen LogP contribution in [0.5, 0.6) is 0 Å². The molecule has 0 radical (unpaired) electrons. The van der Waals surface area contributed by atoms with Crippen LogP contribution in [0.4, 0.5) is 0 Å². The summed E-state index contributed by atoms with van der Waals surface area (Å²) in [4.78, 5) is 0. The zero-order chi connectivity index (χ0) is 11.4. The van der Waals surface area contributed by atoms with Crippen LogP contribution in [0, 0.1) is 0 Å². The van der Waals surface area contributed by atoms with Gasteiger partial charge in [0.15, 0.2) is 6.16 Å². The van der Waals surface area contributed by atoms with Crippen LogP contribution >= 0.6 is 8.03 Å². The van der Waals surface area contributed by atoms with Crippen LogP contribution in [0.3, 0.4) is 0 Å². The molecule has 0 amide bonds. The molecule has 0 aromatic heterocycles. The molecule has 0 saturated carbocycles. The summed E-state index contributed by atoms with van der Waals surface area (Å²) in [7, 11) is -1.37. The van der Waals surface area contributed by atoms with Gasteiger partial charge in [-0.1, -0.05) is 46.0 Å². The maximum Gasteiger partial charge on any atom is 0.508 e. The van der Waals surface area contributed by atoms with Crippen LogP contribution in [-0.4, -0.2) is 12.8 Å². The lowest BCUT2D eigenvalue weighted by molar-refractivity contribution is 0.320. The van der Waals surface area contributed by atoms with Crippen molar-refractivity contribution >= 4 is 8.03 Å². The molecule has 0 N–H and O–H groups in total. The standard InChI is InChI=1S/C12H26O2P/c1-3-5-7-8-9-10-12-15(13)14-11-6-4-2/h3-12H2,1-2H3/q+1. The summed E-state index contributed by atoms with van der Waals surface area (Å²) in [6, 6.07) is 0. The van der Waals surface area contributed by atoms with E-state index in [9.17, 15) is 4.57 Å². The van der Waals surface area contributed by atoms with Gasteiger partial charge >= 0.3 is 8.03 Å². The second-order valence-corrected chi connectivity index (χ2v) is 5.38. The number of hydrogen-bond donors (Lipinski definition) is 0. The van der Waals surface area contributed by atoms with Gasteiger partial charge in [-0.05, 0) is 23.8 Å². The van der Waals surface area contributed by atoms with Crippen LogP contribution in [0.1, 0.15) is 65.2 Å². The molecule has 0 aliphatic rings. The third-order valence-corrected chi connectivity index (χ3v) is 3.58. The third kappa shape index (κ3) is 12.0. The average Bonchev–Trinajstić information content (AvgIpc) is 2.23. The fourth-order valence-electron chi connectivity index (χ4n) is 1.40. The van der Waals surface area contributed by atoms with E-state index in [0.29, 0.717) is 6.61 Å². The molecule has 0 aromatic carbocycles. The van der Waals surface area contributed by atoms with Crippen LogP contribution in [0.25, 0.3) is 0 Å². The first-order valence-electron chi connectivity index (χ1n) is 6.38. The van der Waals surface area contributed by atoms with Crippen molar-refractivity contribution in [1.82, 2.24) is 0 Å². The fourth-order valence-corrected chi connectivity index (χ4v) is 2.34. The van der Waals surface area contributed by atoms with Crippen molar-refractivity contribution in [2.45, 2.75) is 65.2 Å². The van der Waals surface area contributed by atoms with Crippen LogP contribution in [-0.2, 0) is 9.09 Å². The molecule has 0 fully saturated rings. The Hall–Kier alpha value is 0.0600. The van der Waals surface area contributed by atoms with Gasteiger partial charge in [-0.25, -0.2) is 0 Å². The molecule has 0 saturated heterocycles. The zero-order valence-corrected chi connectivity index (χ0v) is 11.2. The van der Waals surface area contributed by atoms with E-state index >= 15 is 0 Å². The Morgan fingerprint density at radius 3 is 2.13 bits per heavy atom. The van der Waals surface area contributed by atoms with E-state index in [1.54, 1.807) is 0 Å². The van der Waals surface area contributed by atoms with Gasteiger partial charge in [-0.15, -0.1) is 4.52 Å². The molecule has 2 nitrogen and oxygen atoms in total. The molecule has 0 aliphatic carbocycles. The second kappa shape index (κ2) is 12.1. The van der Waals surface area contributed by atoms with Crippen LogP contribution in [0.15, 0.2) is 0 Å². The average molecular weight is 233 g/mol. The molecule has 0 aliphatic heterocycles. The third-order valence-electron chi connectivity index (χ3n) is 2.43. The molecule has 15 heavy (non-hydrogen) atoms. The maximum absolute atomic E-state index is 11.3. The van der Waals surface area contributed by atoms with Gasteiger partial charge in [0, 0.05) is 0 Å². The minimum Gasteiger partial charge on any atom is -0.146 e. The number of rotatable bonds is 11. The highest BCUT2D eigenvalue weighted by Crippen LogP contribution is 2.24. The summed E-state index contributed by atoms with van der Waals surface area (Å²) in [5.74, 6) is 0. The Morgan fingerprint density at radius 1 is 0.867 bits per heavy atom. The highest BCUT2D eigenvalue weighted by Gasteiger charge is 2.15. The smallest absolute Gasteiger partial charge is 0.146 e. The first-order valence-corrected chi connectivity index (χ1v) is 7.75. The van der Waals surface area contributed by atoms with Gasteiger partial charge in [-0.2, -0.15) is 0 Å². The van der Waals surface area contributed by atoms with Gasteiger partial charge in [0.25, 0.3) is 0 Å². The van der Waals surface area contributed by atoms with E-state index in [0.717, 1.165) is 25.4 Å². The van der Waals surface area contributed by atoms with E-state index in [2.05, 4.69) is 13.8 Å². The molecular weight excluding hydrogens is 207 g/mol. The summed E-state index contributed by atoms with van der Waals surface area (Å²) in [6.07, 6.45) is 10.4. The molecule has 0 spiro atoms. The van der Waals surface area contributed by atoms with Crippen molar-refractivity contribution in [3.8, 4) is 0 Å². The van der Waals surface area contributed by atoms with Gasteiger partial charge in [0.2, 0.25) is 0 Å². The SMILES string of the molecule is CCCCCCCC[P+](=O)OCCCC. The Morgan fingerprint density at radius 2 is 1.47 bits per heavy atom. The van der Waals surface area contributed by atoms with E-state index in [1.807, 2.05) is 0 Å². The van der Waals surface area contributed by atoms with Gasteiger partial charge in [0.1, 0.15) is 6.61 Å². The summed E-state index contributed by atoms with van der Waals surface area (Å²) in [6.45, 7) is 5.00. The van der Waals surface area contributed by atoms with Crippen molar-refractivity contribution in [2.75, 3.05) is 12.8 Å². The quantitative estimate of drug-likeness (QED) is 0.374. The lowest BCUT2D eigenvalue weighted by atomic mass is 10.1. The van der Waals surface area contributed by atoms with Gasteiger partial charge < -0.3 is 0 Å². The molecule has 1 unspecified atom stereocenters. The first kappa shape index (κ1) is 15.1. The molecule has 0 heterocycles. The number of unbranched alkanes of at least 4 members (excludes halogenated alkanes) is 6. The number of hydrogen-bond acceptors (Lipinski definition) is 2. The van der Waals surface area contributed by atoms with Gasteiger partial charge in [-0.3, -0.25) is 0 Å². The normalized spacial score (nSPS) is 11.7. The van der Waals surface area contributed by atoms with E-state index in [4.69, 9.17) is 4.52 Å². The molecule has 0 aromatic rings. The van der Waals surface area contributed by atoms with E-state index < -0.39 is 8.03 Å². The Kier molecular flexibility index (Phi) is 12.2. The lowest BCUT2D eigenvalue weighted by Gasteiger charge is -1.95. The monoisotopic (exact) mass is 233 g/mol. The van der Waals surface area contributed by atoms with E-state index in [-0.39, 0.29) is 0 Å². The minimum atomic E-state index is -1.37. The van der Waals surface area contributed by atoms with Crippen LogP contribution in [0.2, 0.25) is 0 Å². The topological polar surface area (TPSA) is 26.3 Å². The highest BCUT2D eigenvalue weighted by molar-refractivity contribution is 7.39. The first-order chi connectivity index (χ1) is 7.31. The van der Waals surface area contributed by atoms with Crippen molar-refractivity contribution < 1.29 is 9.09 Å². The van der Waals surface area contributed by atoms with Crippen molar-refractivity contribution in [3.05, 3.63) is 0 Å². The fraction of sp³-hybridized carbons (Fsp3) is 1.00. The molecular formula is C12H26O2P+. The molecule has 3 heteroatoms. The summed E-state index contributed by atoms with van der Waals surface area (Å²) < 4.78 is 16.6. The summed E-state index contributed by atoms with van der Waals surface area (Å²) in [5, 5.41) is 0. The maximum atomic E-state index is 11.3. The molecule has 0 bridgehead atoms. The Balaban J connectivity index is 3.10. The second-order valence-electron chi connectivity index (χ2n) is 4.01. The Bertz CT molecular complexity index is 149. The Labute approximate surface area is 95.7 Å². The largest absolute Gasteiger partial charge is 0.508 e. The lowest BCUT2D eigenvalue weighted by Crippen LogP contribution is -1.88. The highest BCUT2D eigenvalue weighted by atomic mass is 31.1. The molecule has 0 rings (SSSR count). The van der Waals surface area contributed by atoms with Crippen molar-refractivity contribution in [2.24, 2.45) is 0 Å². The summed E-state index contributed by atoms with van der Waals surface area (Å²) in [5.41, 5.74) is 0. The minimum absolute atomic E-state index is 0.668. The molecule has 90 valence electrons. The van der Waals surface area contributed by atoms with Crippen LogP contribution < -0.4 is 0 Å². The van der Waals surface area contributed by atoms with Gasteiger partial charge in [0.05, 0.1) is 0 Å².